The van der Waals surface area contributed by atoms with Gasteiger partial charge in [0.2, 0.25) is 5.91 Å². The maximum atomic E-state index is 12.3. The minimum atomic E-state index is 0.0238. The van der Waals surface area contributed by atoms with E-state index in [1.54, 1.807) is 6.33 Å². The van der Waals surface area contributed by atoms with Gasteiger partial charge in [-0.1, -0.05) is 6.92 Å². The molecule has 2 atom stereocenters. The van der Waals surface area contributed by atoms with Gasteiger partial charge in [-0.15, -0.1) is 0 Å². The first-order valence-electron chi connectivity index (χ1n) is 9.45. The van der Waals surface area contributed by atoms with Crippen molar-refractivity contribution < 1.29 is 9.90 Å². The van der Waals surface area contributed by atoms with Gasteiger partial charge < -0.3 is 20.2 Å². The summed E-state index contributed by atoms with van der Waals surface area (Å²) in [6.07, 6.45) is 6.56. The molecule has 0 radical (unpaired) electrons. The minimum Gasteiger partial charge on any atom is -0.394 e. The molecule has 0 aromatic carbocycles. The Balaban J connectivity index is 1.69. The summed E-state index contributed by atoms with van der Waals surface area (Å²) in [5.74, 6) is 1.93. The highest BCUT2D eigenvalue weighted by Crippen LogP contribution is 2.27. The second-order valence-electron chi connectivity index (χ2n) is 6.98. The van der Waals surface area contributed by atoms with Gasteiger partial charge >= 0.3 is 0 Å². The molecule has 25 heavy (non-hydrogen) atoms. The van der Waals surface area contributed by atoms with Crippen LogP contribution in [0.3, 0.4) is 0 Å². The number of aliphatic hydroxyl groups is 1. The van der Waals surface area contributed by atoms with E-state index in [4.69, 9.17) is 0 Å². The fourth-order valence-electron chi connectivity index (χ4n) is 3.79. The first-order chi connectivity index (χ1) is 12.2. The highest BCUT2D eigenvalue weighted by Gasteiger charge is 2.28. The van der Waals surface area contributed by atoms with E-state index in [0.29, 0.717) is 6.54 Å². The van der Waals surface area contributed by atoms with Gasteiger partial charge in [-0.05, 0) is 32.1 Å². The maximum absolute atomic E-state index is 12.3. The van der Waals surface area contributed by atoms with Crippen LogP contribution in [0.25, 0.3) is 0 Å². The van der Waals surface area contributed by atoms with Crippen LogP contribution in [0.4, 0.5) is 11.6 Å². The summed E-state index contributed by atoms with van der Waals surface area (Å²) in [7, 11) is 0. The highest BCUT2D eigenvalue weighted by molar-refractivity contribution is 5.79. The molecule has 3 heterocycles. The number of anilines is 2. The number of nitrogens with one attached hydrogen (secondary N) is 1. The number of aromatic nitrogens is 2. The number of carbonyl (C=O) groups is 1. The zero-order chi connectivity index (χ0) is 17.6. The molecular weight excluding hydrogens is 318 g/mol. The molecule has 0 bridgehead atoms. The van der Waals surface area contributed by atoms with Crippen LogP contribution in [0.2, 0.25) is 0 Å². The molecule has 1 amide bonds. The molecule has 2 aliphatic rings. The van der Waals surface area contributed by atoms with E-state index >= 15 is 0 Å². The van der Waals surface area contributed by atoms with Crippen LogP contribution in [0.1, 0.15) is 39.0 Å². The minimum absolute atomic E-state index is 0.0238. The fourth-order valence-corrected chi connectivity index (χ4v) is 3.79. The number of amides is 1. The van der Waals surface area contributed by atoms with Gasteiger partial charge in [0.05, 0.1) is 18.6 Å². The van der Waals surface area contributed by atoms with Crippen molar-refractivity contribution in [2.45, 2.75) is 45.1 Å². The highest BCUT2D eigenvalue weighted by atomic mass is 16.3. The van der Waals surface area contributed by atoms with Crippen molar-refractivity contribution in [2.24, 2.45) is 5.92 Å². The third kappa shape index (κ3) is 4.21. The number of piperidine rings is 1. The Kier molecular flexibility index (Phi) is 6.07. The van der Waals surface area contributed by atoms with Crippen molar-refractivity contribution in [1.29, 1.82) is 0 Å². The first-order valence-corrected chi connectivity index (χ1v) is 9.45. The molecular formula is C18H29N5O2. The third-order valence-electron chi connectivity index (χ3n) is 5.19. The summed E-state index contributed by atoms with van der Waals surface area (Å²) in [5, 5.41) is 12.6. The van der Waals surface area contributed by atoms with Crippen LogP contribution in [0, 0.1) is 5.92 Å². The van der Waals surface area contributed by atoms with Crippen LogP contribution >= 0.6 is 0 Å². The number of rotatable bonds is 6. The summed E-state index contributed by atoms with van der Waals surface area (Å²) < 4.78 is 0. The molecule has 1 aromatic heterocycles. The van der Waals surface area contributed by atoms with Crippen LogP contribution in [-0.2, 0) is 4.79 Å². The quantitative estimate of drug-likeness (QED) is 0.804. The van der Waals surface area contributed by atoms with Gasteiger partial charge in [0.1, 0.15) is 18.0 Å². The third-order valence-corrected chi connectivity index (χ3v) is 5.19. The number of hydrogen-bond donors (Lipinski definition) is 2. The fraction of sp³-hybridized carbons (Fsp3) is 0.722. The zero-order valence-electron chi connectivity index (χ0n) is 15.0. The zero-order valence-corrected chi connectivity index (χ0v) is 15.0. The van der Waals surface area contributed by atoms with E-state index in [-0.39, 0.29) is 24.5 Å². The molecule has 138 valence electrons. The number of nitrogens with zero attached hydrogens (tertiary/aromatic N) is 4. The number of hydrogen-bond acceptors (Lipinski definition) is 6. The Labute approximate surface area is 149 Å². The second kappa shape index (κ2) is 8.47. The second-order valence-corrected chi connectivity index (χ2v) is 6.98. The molecule has 0 aliphatic carbocycles. The van der Waals surface area contributed by atoms with E-state index in [2.05, 4.69) is 32.0 Å². The Bertz CT molecular complexity index is 582. The van der Waals surface area contributed by atoms with Crippen molar-refractivity contribution in [3.8, 4) is 0 Å². The van der Waals surface area contributed by atoms with Gasteiger partial charge in [0.25, 0.3) is 0 Å². The van der Waals surface area contributed by atoms with Crippen LogP contribution in [0.15, 0.2) is 12.4 Å². The average molecular weight is 347 g/mol. The van der Waals surface area contributed by atoms with Gasteiger partial charge in [0, 0.05) is 32.2 Å². The molecule has 2 N–H and O–H groups in total. The van der Waals surface area contributed by atoms with Crippen molar-refractivity contribution in [3.63, 3.8) is 0 Å². The lowest BCUT2D eigenvalue weighted by Gasteiger charge is -2.33. The van der Waals surface area contributed by atoms with Gasteiger partial charge in [-0.3, -0.25) is 4.79 Å². The van der Waals surface area contributed by atoms with E-state index in [9.17, 15) is 9.90 Å². The predicted octanol–water partition coefficient (Wildman–Crippen LogP) is 1.18. The molecule has 0 unspecified atom stereocenters. The summed E-state index contributed by atoms with van der Waals surface area (Å²) in [5.41, 5.74) is 0. The molecule has 1 aromatic rings. The summed E-state index contributed by atoms with van der Waals surface area (Å²) in [4.78, 5) is 25.5. The summed E-state index contributed by atoms with van der Waals surface area (Å²) in [6, 6.07) is 2.15. The molecule has 0 spiro atoms. The Hall–Kier alpha value is -1.89. The lowest BCUT2D eigenvalue weighted by atomic mass is 9.97. The largest absolute Gasteiger partial charge is 0.394 e. The molecule has 2 saturated heterocycles. The number of carbonyl (C=O) groups excluding carboxylic acids is 1. The van der Waals surface area contributed by atoms with Crippen LogP contribution in [0.5, 0.6) is 0 Å². The van der Waals surface area contributed by atoms with E-state index in [1.165, 1.54) is 0 Å². The van der Waals surface area contributed by atoms with Crippen molar-refractivity contribution in [3.05, 3.63) is 12.4 Å². The molecule has 7 heteroatoms. The topological polar surface area (TPSA) is 81.6 Å². The number of aliphatic hydroxyl groups excluding tert-OH is 1. The van der Waals surface area contributed by atoms with Crippen molar-refractivity contribution >= 4 is 17.5 Å². The Morgan fingerprint density at radius 1 is 1.28 bits per heavy atom. The monoisotopic (exact) mass is 347 g/mol. The Morgan fingerprint density at radius 3 is 2.88 bits per heavy atom. The standard InChI is InChI=1S/C18H29N5O2/c1-2-7-19-18(25)14-5-3-8-22(11-14)16-10-17(21-13-20-16)23-9-4-6-15(23)12-24/h10,13-15,24H,2-9,11-12H2,1H3,(H,19,25)/t14-,15+/m0/s1. The molecule has 0 saturated carbocycles. The lowest BCUT2D eigenvalue weighted by Crippen LogP contribution is -2.43. The van der Waals surface area contributed by atoms with Gasteiger partial charge in [-0.25, -0.2) is 9.97 Å². The lowest BCUT2D eigenvalue weighted by molar-refractivity contribution is -0.125. The first kappa shape index (κ1) is 17.9. The smallest absolute Gasteiger partial charge is 0.224 e. The molecule has 3 rings (SSSR count). The Morgan fingerprint density at radius 2 is 2.08 bits per heavy atom. The predicted molar refractivity (Wildman–Crippen MR) is 97.7 cm³/mol. The molecule has 2 aliphatic heterocycles. The van der Waals surface area contributed by atoms with Crippen LogP contribution in [-0.4, -0.2) is 59.8 Å². The summed E-state index contributed by atoms with van der Waals surface area (Å²) in [6.45, 7) is 5.50. The SMILES string of the molecule is CCCNC(=O)[C@H]1CCCN(c2cc(N3CCC[C@@H]3CO)ncn2)C1. The van der Waals surface area contributed by atoms with Gasteiger partial charge in [0.15, 0.2) is 0 Å². The normalized spacial score (nSPS) is 23.8. The van der Waals surface area contributed by atoms with E-state index in [0.717, 1.165) is 63.4 Å². The molecule has 2 fully saturated rings. The van der Waals surface area contributed by atoms with Gasteiger partial charge in [-0.2, -0.15) is 0 Å². The van der Waals surface area contributed by atoms with Crippen molar-refractivity contribution in [2.75, 3.05) is 42.6 Å². The summed E-state index contributed by atoms with van der Waals surface area (Å²) >= 11 is 0. The average Bonchev–Trinajstić information content (AvgIpc) is 3.15. The van der Waals surface area contributed by atoms with Crippen molar-refractivity contribution in [1.82, 2.24) is 15.3 Å². The maximum Gasteiger partial charge on any atom is 0.224 e. The molecule has 7 nitrogen and oxygen atoms in total. The van der Waals surface area contributed by atoms with E-state index < -0.39 is 0 Å². The van der Waals surface area contributed by atoms with E-state index in [1.807, 2.05) is 6.07 Å². The van der Waals surface area contributed by atoms with Crippen LogP contribution < -0.4 is 15.1 Å².